The van der Waals surface area contributed by atoms with E-state index in [1.54, 1.807) is 0 Å². The number of hydrogen-bond donors (Lipinski definition) is 0. The van der Waals surface area contributed by atoms with Crippen LogP contribution in [0.1, 0.15) is 18.9 Å². The van der Waals surface area contributed by atoms with Crippen LogP contribution in [0.3, 0.4) is 0 Å². The number of benzene rings is 1. The highest BCUT2D eigenvalue weighted by molar-refractivity contribution is 6.43. The Kier molecular flexibility index (Phi) is 4.46. The molecule has 0 saturated heterocycles. The molecule has 0 aliphatic carbocycles. The van der Waals surface area contributed by atoms with Gasteiger partial charge in [-0.3, -0.25) is 0 Å². The van der Waals surface area contributed by atoms with Crippen LogP contribution in [0.5, 0.6) is 0 Å². The van der Waals surface area contributed by atoms with Crippen LogP contribution in [0.4, 0.5) is 0 Å². The molecule has 0 amide bonds. The van der Waals surface area contributed by atoms with Crippen molar-refractivity contribution in [3.8, 4) is 0 Å². The van der Waals surface area contributed by atoms with E-state index >= 15 is 0 Å². The average Bonchev–Trinajstić information content (AvgIpc) is 2.14. The Morgan fingerprint density at radius 3 is 2.67 bits per heavy atom. The highest BCUT2D eigenvalue weighted by Gasteiger charge is 1.82. The Morgan fingerprint density at radius 1 is 1.25 bits per heavy atom. The second-order valence-electron chi connectivity index (χ2n) is 2.96. The van der Waals surface area contributed by atoms with Crippen LogP contribution >= 0.6 is 0 Å². The molecule has 0 heterocycles. The molecule has 1 aromatic rings. The first-order valence-electron chi connectivity index (χ1n) is 4.65. The molecular formula is C11H16Si. The fraction of sp³-hybridized carbons (Fsp3) is 0.273. The lowest BCUT2D eigenvalue weighted by atomic mass is 10.2. The maximum atomic E-state index is 2.39. The van der Waals surface area contributed by atoms with Crippen molar-refractivity contribution in [2.45, 2.75) is 19.4 Å². The third-order valence-electron chi connectivity index (χ3n) is 1.83. The lowest BCUT2D eigenvalue weighted by molar-refractivity contribution is 1.08. The molecule has 0 nitrogen and oxygen atoms in total. The fourth-order valence-electron chi connectivity index (χ4n) is 1.11. The van der Waals surface area contributed by atoms with Crippen molar-refractivity contribution in [2.24, 2.45) is 0 Å². The van der Waals surface area contributed by atoms with Gasteiger partial charge in [-0.1, -0.05) is 55.8 Å². The van der Waals surface area contributed by atoms with Crippen LogP contribution in [-0.2, 0) is 0 Å². The third-order valence-corrected chi connectivity index (χ3v) is 3.52. The van der Waals surface area contributed by atoms with E-state index in [2.05, 4.69) is 49.0 Å². The topological polar surface area (TPSA) is 0 Å². The maximum Gasteiger partial charge on any atom is 0.0454 e. The molecule has 12 heavy (non-hydrogen) atoms. The second kappa shape index (κ2) is 5.78. The van der Waals surface area contributed by atoms with Gasteiger partial charge in [-0.2, -0.15) is 0 Å². The molecule has 0 aromatic heterocycles. The van der Waals surface area contributed by atoms with Gasteiger partial charge in [0.2, 0.25) is 0 Å². The molecule has 0 aliphatic heterocycles. The van der Waals surface area contributed by atoms with Crippen LogP contribution < -0.4 is 0 Å². The van der Waals surface area contributed by atoms with Gasteiger partial charge in [0.15, 0.2) is 0 Å². The molecule has 1 aromatic carbocycles. The minimum atomic E-state index is 0.0869. The van der Waals surface area contributed by atoms with Crippen molar-refractivity contribution in [1.29, 1.82) is 0 Å². The van der Waals surface area contributed by atoms with E-state index < -0.39 is 0 Å². The summed E-state index contributed by atoms with van der Waals surface area (Å²) < 4.78 is 0. The zero-order valence-corrected chi connectivity index (χ0v) is 9.08. The zero-order chi connectivity index (χ0) is 8.65. The van der Waals surface area contributed by atoms with Gasteiger partial charge in [0.05, 0.1) is 0 Å². The smallest absolute Gasteiger partial charge is 0.0454 e. The molecule has 0 saturated carbocycles. The van der Waals surface area contributed by atoms with Crippen molar-refractivity contribution >= 4 is 15.6 Å². The highest BCUT2D eigenvalue weighted by Crippen LogP contribution is 2.00. The van der Waals surface area contributed by atoms with E-state index in [9.17, 15) is 0 Å². The van der Waals surface area contributed by atoms with Crippen molar-refractivity contribution in [1.82, 2.24) is 0 Å². The summed E-state index contributed by atoms with van der Waals surface area (Å²) in [6, 6.07) is 12.0. The molecule has 64 valence electrons. The second-order valence-corrected chi connectivity index (χ2v) is 4.71. The Labute approximate surface area is 77.1 Å². The summed E-state index contributed by atoms with van der Waals surface area (Å²) >= 11 is 0. The van der Waals surface area contributed by atoms with Gasteiger partial charge in [-0.25, -0.2) is 0 Å². The molecule has 0 N–H and O–H groups in total. The Hall–Kier alpha value is -0.823. The molecule has 0 bridgehead atoms. The van der Waals surface area contributed by atoms with Crippen molar-refractivity contribution in [2.75, 3.05) is 0 Å². The predicted octanol–water partition coefficient (Wildman–Crippen LogP) is 2.65. The molecule has 0 spiro atoms. The van der Waals surface area contributed by atoms with Crippen molar-refractivity contribution in [3.63, 3.8) is 0 Å². The fourth-order valence-corrected chi connectivity index (χ4v) is 2.19. The van der Waals surface area contributed by atoms with Crippen LogP contribution in [-0.4, -0.2) is 9.52 Å². The van der Waals surface area contributed by atoms with Crippen LogP contribution in [0.2, 0.25) is 6.04 Å². The maximum absolute atomic E-state index is 2.39. The third kappa shape index (κ3) is 3.53. The number of hydrogen-bond acceptors (Lipinski definition) is 0. The van der Waals surface area contributed by atoms with Crippen molar-refractivity contribution < 1.29 is 0 Å². The standard InChI is InChI=1S/C11H16Si/c1-2-9-12-10-8-11-6-4-3-5-7-11/h3-8,10H,2,9,12H2,1H3. The van der Waals surface area contributed by atoms with E-state index in [1.807, 2.05) is 0 Å². The first-order valence-corrected chi connectivity index (χ1v) is 6.46. The summed E-state index contributed by atoms with van der Waals surface area (Å²) in [5, 5.41) is 0. The molecule has 0 fully saturated rings. The van der Waals surface area contributed by atoms with E-state index in [-0.39, 0.29) is 9.52 Å². The largest absolute Gasteiger partial charge is 0.101 e. The molecule has 0 aliphatic rings. The highest BCUT2D eigenvalue weighted by atomic mass is 28.2. The molecule has 0 unspecified atom stereocenters. The molecule has 1 rings (SSSR count). The van der Waals surface area contributed by atoms with Crippen LogP contribution in [0.15, 0.2) is 36.0 Å². The number of rotatable bonds is 4. The minimum absolute atomic E-state index is 0.0869. The Morgan fingerprint density at radius 2 is 2.00 bits per heavy atom. The Bertz CT molecular complexity index is 226. The van der Waals surface area contributed by atoms with Gasteiger partial charge in [0.25, 0.3) is 0 Å². The predicted molar refractivity (Wildman–Crippen MR) is 59.1 cm³/mol. The zero-order valence-electron chi connectivity index (χ0n) is 7.66. The summed E-state index contributed by atoms with van der Waals surface area (Å²) in [6.45, 7) is 2.25. The van der Waals surface area contributed by atoms with Gasteiger partial charge >= 0.3 is 0 Å². The Balaban J connectivity index is 2.36. The van der Waals surface area contributed by atoms with Gasteiger partial charge in [0.1, 0.15) is 0 Å². The quantitative estimate of drug-likeness (QED) is 0.489. The molecule has 0 radical (unpaired) electrons. The summed E-state index contributed by atoms with van der Waals surface area (Å²) in [5.74, 6) is 0. The lowest BCUT2D eigenvalue weighted by Gasteiger charge is -1.90. The summed E-state index contributed by atoms with van der Waals surface area (Å²) in [4.78, 5) is 0. The first-order chi connectivity index (χ1) is 5.93. The summed E-state index contributed by atoms with van der Waals surface area (Å²) in [6.07, 6.45) is 3.59. The van der Waals surface area contributed by atoms with E-state index in [4.69, 9.17) is 0 Å². The van der Waals surface area contributed by atoms with Gasteiger partial charge in [-0.15, -0.1) is 5.70 Å². The van der Waals surface area contributed by atoms with Gasteiger partial charge < -0.3 is 0 Å². The molecule has 1 heteroatoms. The lowest BCUT2D eigenvalue weighted by Crippen LogP contribution is -1.80. The summed E-state index contributed by atoms with van der Waals surface area (Å²) in [7, 11) is 0.0869. The molecule has 0 atom stereocenters. The van der Waals surface area contributed by atoms with E-state index in [0.29, 0.717) is 0 Å². The van der Waals surface area contributed by atoms with Crippen LogP contribution in [0, 0.1) is 0 Å². The monoisotopic (exact) mass is 176 g/mol. The van der Waals surface area contributed by atoms with E-state index in [0.717, 1.165) is 0 Å². The van der Waals surface area contributed by atoms with Crippen molar-refractivity contribution in [3.05, 3.63) is 41.6 Å². The molecular weight excluding hydrogens is 160 g/mol. The normalized spacial score (nSPS) is 11.8. The average molecular weight is 176 g/mol. The SMILES string of the molecule is CCC[SiH2]C=Cc1ccccc1. The van der Waals surface area contributed by atoms with Gasteiger partial charge in [-0.05, 0) is 5.56 Å². The first kappa shape index (κ1) is 9.27. The van der Waals surface area contributed by atoms with Crippen LogP contribution in [0.25, 0.3) is 6.08 Å². The summed E-state index contributed by atoms with van der Waals surface area (Å²) in [5.41, 5.74) is 3.72. The van der Waals surface area contributed by atoms with E-state index in [1.165, 1.54) is 18.0 Å². The minimum Gasteiger partial charge on any atom is -0.101 e. The van der Waals surface area contributed by atoms with Gasteiger partial charge in [0, 0.05) is 9.52 Å².